The van der Waals surface area contributed by atoms with Crippen molar-refractivity contribution >= 4 is 15.9 Å². The van der Waals surface area contributed by atoms with E-state index in [1.54, 1.807) is 6.92 Å². The van der Waals surface area contributed by atoms with Gasteiger partial charge in [-0.1, -0.05) is 0 Å². The summed E-state index contributed by atoms with van der Waals surface area (Å²) >= 11 is 0. The van der Waals surface area contributed by atoms with Crippen LogP contribution in [-0.4, -0.2) is 31.8 Å². The topological polar surface area (TPSA) is 80.5 Å². The van der Waals surface area contributed by atoms with E-state index in [0.717, 1.165) is 18.2 Å². The number of nitrogens with two attached hydrogens (primary N) is 1. The molecule has 0 aliphatic heterocycles. The van der Waals surface area contributed by atoms with Crippen molar-refractivity contribution in [1.82, 2.24) is 4.90 Å². The summed E-state index contributed by atoms with van der Waals surface area (Å²) in [4.78, 5) is 13.2. The number of sulfonamides is 1. The van der Waals surface area contributed by atoms with E-state index in [-0.39, 0.29) is 16.5 Å². The molecule has 0 heterocycles. The largest absolute Gasteiger partial charge is 0.336 e. The van der Waals surface area contributed by atoms with Crippen LogP contribution >= 0.6 is 0 Å². The second-order valence-electron chi connectivity index (χ2n) is 4.37. The lowest BCUT2D eigenvalue weighted by atomic mass is 10.1. The van der Waals surface area contributed by atoms with Crippen LogP contribution in [0.1, 0.15) is 31.1 Å². The summed E-state index contributed by atoms with van der Waals surface area (Å²) in [5, 5.41) is 4.90. The van der Waals surface area contributed by atoms with Crippen LogP contribution in [0.2, 0.25) is 0 Å². The molecule has 5 nitrogen and oxygen atoms in total. The zero-order valence-electron chi connectivity index (χ0n) is 11.1. The maximum atomic E-state index is 13.8. The molecule has 0 bridgehead atoms. The highest BCUT2D eigenvalue weighted by molar-refractivity contribution is 7.89. The van der Waals surface area contributed by atoms with Gasteiger partial charge in [-0.2, -0.15) is 0 Å². The minimum Gasteiger partial charge on any atom is -0.336 e. The van der Waals surface area contributed by atoms with Crippen LogP contribution in [0.25, 0.3) is 0 Å². The third-order valence-electron chi connectivity index (χ3n) is 2.72. The second kappa shape index (κ2) is 5.66. The number of primary sulfonamides is 1. The molecule has 0 saturated heterocycles. The molecular weight excluding hydrogens is 271 g/mol. The Morgan fingerprint density at radius 3 is 2.37 bits per heavy atom. The molecule has 0 atom stereocenters. The van der Waals surface area contributed by atoms with Gasteiger partial charge in [0.15, 0.2) is 0 Å². The molecule has 0 radical (unpaired) electrons. The predicted octanol–water partition coefficient (Wildman–Crippen LogP) is 1.34. The summed E-state index contributed by atoms with van der Waals surface area (Å²) in [6, 6.07) is 2.95. The van der Waals surface area contributed by atoms with Crippen LogP contribution in [0.4, 0.5) is 4.39 Å². The Bertz CT molecular complexity index is 585. The minimum atomic E-state index is -3.97. The van der Waals surface area contributed by atoms with Gasteiger partial charge >= 0.3 is 0 Å². The molecule has 0 aliphatic rings. The highest BCUT2D eigenvalue weighted by Crippen LogP contribution is 2.16. The van der Waals surface area contributed by atoms with Gasteiger partial charge in [0, 0.05) is 12.6 Å². The van der Waals surface area contributed by atoms with Gasteiger partial charge in [0.05, 0.1) is 10.5 Å². The van der Waals surface area contributed by atoms with Gasteiger partial charge < -0.3 is 4.90 Å². The number of carbonyl (C=O) groups excluding carboxylic acids is 1. The Morgan fingerprint density at radius 2 is 2.00 bits per heavy atom. The average molecular weight is 288 g/mol. The molecule has 1 rings (SSSR count). The average Bonchev–Trinajstić information content (AvgIpc) is 2.27. The molecule has 2 N–H and O–H groups in total. The van der Waals surface area contributed by atoms with E-state index in [0.29, 0.717) is 6.54 Å². The van der Waals surface area contributed by atoms with Gasteiger partial charge in [-0.25, -0.2) is 17.9 Å². The molecule has 1 aromatic rings. The summed E-state index contributed by atoms with van der Waals surface area (Å²) in [7, 11) is -3.97. The van der Waals surface area contributed by atoms with Crippen molar-refractivity contribution in [1.29, 1.82) is 0 Å². The van der Waals surface area contributed by atoms with Crippen molar-refractivity contribution in [3.05, 3.63) is 29.6 Å². The van der Waals surface area contributed by atoms with E-state index in [9.17, 15) is 17.6 Å². The molecule has 0 fully saturated rings. The minimum absolute atomic E-state index is 0.0742. The van der Waals surface area contributed by atoms with Crippen LogP contribution in [0.3, 0.4) is 0 Å². The number of amides is 1. The lowest BCUT2D eigenvalue weighted by Crippen LogP contribution is -2.37. The van der Waals surface area contributed by atoms with E-state index in [2.05, 4.69) is 0 Å². The Kier molecular flexibility index (Phi) is 4.65. The third-order valence-corrected chi connectivity index (χ3v) is 3.64. The molecule has 0 unspecified atom stereocenters. The first kappa shape index (κ1) is 15.6. The molecule has 19 heavy (non-hydrogen) atoms. The van der Waals surface area contributed by atoms with E-state index < -0.39 is 21.7 Å². The summed E-state index contributed by atoms with van der Waals surface area (Å²) in [6.45, 7) is 5.86. The van der Waals surface area contributed by atoms with Crippen LogP contribution in [0.5, 0.6) is 0 Å². The van der Waals surface area contributed by atoms with Gasteiger partial charge in [0.25, 0.3) is 5.91 Å². The van der Waals surface area contributed by atoms with Crippen LogP contribution in [0.15, 0.2) is 23.1 Å². The standard InChI is InChI=1S/C12H17FN2O3S/c1-4-15(8(2)3)12(16)10-6-5-9(7-11(10)13)19(14,17)18/h5-8H,4H2,1-3H3,(H2,14,17,18). The fourth-order valence-electron chi connectivity index (χ4n) is 1.74. The van der Waals surface area contributed by atoms with Crippen LogP contribution in [0, 0.1) is 5.82 Å². The molecule has 0 saturated carbocycles. The summed E-state index contributed by atoms with van der Waals surface area (Å²) in [6.07, 6.45) is 0. The zero-order chi connectivity index (χ0) is 14.8. The van der Waals surface area contributed by atoms with Crippen molar-refractivity contribution in [3.8, 4) is 0 Å². The number of rotatable bonds is 4. The lowest BCUT2D eigenvalue weighted by molar-refractivity contribution is 0.0712. The molecule has 7 heteroatoms. The van der Waals surface area contributed by atoms with Crippen molar-refractivity contribution in [2.45, 2.75) is 31.7 Å². The predicted molar refractivity (Wildman–Crippen MR) is 69.6 cm³/mol. The monoisotopic (exact) mass is 288 g/mol. The fourth-order valence-corrected chi connectivity index (χ4v) is 2.27. The normalized spacial score (nSPS) is 11.7. The van der Waals surface area contributed by atoms with Gasteiger partial charge in [-0.3, -0.25) is 4.79 Å². The maximum absolute atomic E-state index is 13.8. The Morgan fingerprint density at radius 1 is 1.42 bits per heavy atom. The first-order valence-electron chi connectivity index (χ1n) is 5.81. The Balaban J connectivity index is 3.20. The number of nitrogens with zero attached hydrogens (tertiary/aromatic N) is 1. The first-order chi connectivity index (χ1) is 8.68. The van der Waals surface area contributed by atoms with Crippen LogP contribution < -0.4 is 5.14 Å². The molecule has 1 aromatic carbocycles. The van der Waals surface area contributed by atoms with Crippen molar-refractivity contribution in [3.63, 3.8) is 0 Å². The highest BCUT2D eigenvalue weighted by Gasteiger charge is 2.21. The van der Waals surface area contributed by atoms with Gasteiger partial charge in [-0.15, -0.1) is 0 Å². The Hall–Kier alpha value is -1.47. The smallest absolute Gasteiger partial charge is 0.257 e. The SMILES string of the molecule is CCN(C(=O)c1ccc(S(N)(=O)=O)cc1F)C(C)C. The van der Waals surface area contributed by atoms with Gasteiger partial charge in [0.1, 0.15) is 5.82 Å². The summed E-state index contributed by atoms with van der Waals surface area (Å²) in [5.74, 6) is -1.37. The number of hydrogen-bond acceptors (Lipinski definition) is 3. The molecular formula is C12H17FN2O3S. The van der Waals surface area contributed by atoms with E-state index in [4.69, 9.17) is 5.14 Å². The highest BCUT2D eigenvalue weighted by atomic mass is 32.2. The molecule has 0 aromatic heterocycles. The number of halogens is 1. The number of hydrogen-bond donors (Lipinski definition) is 1. The Labute approximate surface area is 112 Å². The van der Waals surface area contributed by atoms with Gasteiger partial charge in [0.2, 0.25) is 10.0 Å². The fraction of sp³-hybridized carbons (Fsp3) is 0.417. The van der Waals surface area contributed by atoms with E-state index in [1.165, 1.54) is 4.90 Å². The number of carbonyl (C=O) groups is 1. The summed E-state index contributed by atoms with van der Waals surface area (Å²) in [5.41, 5.74) is -0.164. The van der Waals surface area contributed by atoms with Crippen molar-refractivity contribution < 1.29 is 17.6 Å². The molecule has 0 aliphatic carbocycles. The second-order valence-corrected chi connectivity index (χ2v) is 5.93. The number of benzene rings is 1. The quantitative estimate of drug-likeness (QED) is 0.908. The van der Waals surface area contributed by atoms with E-state index >= 15 is 0 Å². The molecule has 1 amide bonds. The first-order valence-corrected chi connectivity index (χ1v) is 7.36. The molecule has 0 spiro atoms. The molecule has 106 valence electrons. The lowest BCUT2D eigenvalue weighted by Gasteiger charge is -2.25. The third kappa shape index (κ3) is 3.51. The maximum Gasteiger partial charge on any atom is 0.257 e. The van der Waals surface area contributed by atoms with E-state index in [1.807, 2.05) is 13.8 Å². The van der Waals surface area contributed by atoms with Crippen LogP contribution in [-0.2, 0) is 10.0 Å². The zero-order valence-corrected chi connectivity index (χ0v) is 11.9. The van der Waals surface area contributed by atoms with Gasteiger partial charge in [-0.05, 0) is 39.0 Å². The summed E-state index contributed by atoms with van der Waals surface area (Å²) < 4.78 is 36.0. The van der Waals surface area contributed by atoms with Crippen molar-refractivity contribution in [2.24, 2.45) is 5.14 Å². The van der Waals surface area contributed by atoms with Crippen molar-refractivity contribution in [2.75, 3.05) is 6.54 Å².